The minimum Gasteiger partial charge on any atom is -0.383 e. The van der Waals surface area contributed by atoms with Crippen LogP contribution in [0.4, 0.5) is 4.39 Å². The maximum absolute atomic E-state index is 13.7. The van der Waals surface area contributed by atoms with E-state index in [1.807, 2.05) is 56.4 Å². The predicted molar refractivity (Wildman–Crippen MR) is 139 cm³/mol. The molecule has 2 aromatic carbocycles. The van der Waals surface area contributed by atoms with Gasteiger partial charge in [-0.3, -0.25) is 9.59 Å². The van der Waals surface area contributed by atoms with Gasteiger partial charge >= 0.3 is 0 Å². The molecule has 2 amide bonds. The zero-order chi connectivity index (χ0) is 26.1. The maximum atomic E-state index is 13.7. The second-order valence-electron chi connectivity index (χ2n) is 9.12. The highest BCUT2D eigenvalue weighted by molar-refractivity contribution is 6.31. The van der Waals surface area contributed by atoms with Crippen molar-refractivity contribution in [3.05, 3.63) is 94.5 Å². The van der Waals surface area contributed by atoms with E-state index in [2.05, 4.69) is 4.57 Å². The van der Waals surface area contributed by atoms with Crippen molar-refractivity contribution in [2.75, 3.05) is 33.4 Å². The average Bonchev–Trinajstić information content (AvgIpc) is 3.28. The first-order valence-electron chi connectivity index (χ1n) is 12.0. The summed E-state index contributed by atoms with van der Waals surface area (Å²) in [7, 11) is 1.53. The zero-order valence-corrected chi connectivity index (χ0v) is 21.7. The maximum Gasteiger partial charge on any atom is 0.254 e. The predicted octanol–water partition coefficient (Wildman–Crippen LogP) is 5.10. The lowest BCUT2D eigenvalue weighted by Gasteiger charge is -2.29. The van der Waals surface area contributed by atoms with Crippen LogP contribution in [0.3, 0.4) is 0 Å². The molecule has 0 N–H and O–H groups in total. The average molecular weight is 514 g/mol. The van der Waals surface area contributed by atoms with Crippen molar-refractivity contribution < 1.29 is 18.7 Å². The van der Waals surface area contributed by atoms with E-state index in [4.69, 9.17) is 16.3 Å². The third-order valence-corrected chi connectivity index (χ3v) is 6.13. The van der Waals surface area contributed by atoms with Gasteiger partial charge < -0.3 is 19.1 Å². The number of amides is 2. The van der Waals surface area contributed by atoms with Crippen molar-refractivity contribution in [2.45, 2.75) is 26.9 Å². The van der Waals surface area contributed by atoms with Crippen LogP contribution in [-0.4, -0.2) is 59.5 Å². The van der Waals surface area contributed by atoms with Crippen molar-refractivity contribution in [2.24, 2.45) is 5.92 Å². The number of rotatable bonds is 12. The van der Waals surface area contributed by atoms with Gasteiger partial charge in [0.05, 0.1) is 13.2 Å². The fourth-order valence-electron chi connectivity index (χ4n) is 3.97. The molecule has 8 heteroatoms. The van der Waals surface area contributed by atoms with Crippen LogP contribution < -0.4 is 0 Å². The van der Waals surface area contributed by atoms with E-state index in [1.54, 1.807) is 11.0 Å². The Morgan fingerprint density at radius 2 is 1.83 bits per heavy atom. The highest BCUT2D eigenvalue weighted by Gasteiger charge is 2.24. The van der Waals surface area contributed by atoms with Crippen LogP contribution in [0.2, 0.25) is 5.02 Å². The third kappa shape index (κ3) is 7.67. The zero-order valence-electron chi connectivity index (χ0n) is 21.0. The molecule has 0 radical (unpaired) electrons. The molecule has 0 fully saturated rings. The monoisotopic (exact) mass is 513 g/mol. The molecule has 0 aliphatic heterocycles. The number of aromatic nitrogens is 1. The molecular formula is C28H33ClFN3O3. The number of hydrogen-bond donors (Lipinski definition) is 0. The summed E-state index contributed by atoms with van der Waals surface area (Å²) in [4.78, 5) is 29.8. The number of ether oxygens (including phenoxy) is 1. The summed E-state index contributed by atoms with van der Waals surface area (Å²) in [6.45, 7) is 5.95. The molecule has 0 atom stereocenters. The SMILES string of the molecule is COCCN(CC(=O)N(Cc1cccn1Cc1ccccc1Cl)CC(C)C)C(=O)c1cccc(F)c1. The first-order valence-corrected chi connectivity index (χ1v) is 12.3. The van der Waals surface area contributed by atoms with Crippen LogP contribution >= 0.6 is 11.6 Å². The largest absolute Gasteiger partial charge is 0.383 e. The summed E-state index contributed by atoms with van der Waals surface area (Å²) in [6.07, 6.45) is 1.97. The number of nitrogens with zero attached hydrogens (tertiary/aromatic N) is 3. The Morgan fingerprint density at radius 3 is 2.53 bits per heavy atom. The fourth-order valence-corrected chi connectivity index (χ4v) is 4.17. The van der Waals surface area contributed by atoms with Gasteiger partial charge in [0, 0.05) is 49.2 Å². The highest BCUT2D eigenvalue weighted by atomic mass is 35.5. The fraction of sp³-hybridized carbons (Fsp3) is 0.357. The number of benzene rings is 2. The molecule has 1 aromatic heterocycles. The van der Waals surface area contributed by atoms with Crippen molar-refractivity contribution in [1.82, 2.24) is 14.4 Å². The summed E-state index contributed by atoms with van der Waals surface area (Å²) in [5, 5.41) is 0.692. The summed E-state index contributed by atoms with van der Waals surface area (Å²) in [5.74, 6) is -0.867. The van der Waals surface area contributed by atoms with Gasteiger partial charge in [-0.05, 0) is 47.9 Å². The van der Waals surface area contributed by atoms with Gasteiger partial charge in [-0.1, -0.05) is 49.7 Å². The van der Waals surface area contributed by atoms with Crippen LogP contribution in [0, 0.1) is 11.7 Å². The van der Waals surface area contributed by atoms with Gasteiger partial charge in [-0.15, -0.1) is 0 Å². The van der Waals surface area contributed by atoms with Crippen molar-refractivity contribution in [1.29, 1.82) is 0 Å². The number of carbonyl (C=O) groups is 2. The Balaban J connectivity index is 1.78. The van der Waals surface area contributed by atoms with Gasteiger partial charge in [0.1, 0.15) is 12.4 Å². The van der Waals surface area contributed by atoms with Crippen LogP contribution in [-0.2, 0) is 22.6 Å². The Kier molecular flexibility index (Phi) is 10.1. The standard InChI is InChI=1S/C28H33ClFN3O3/c1-21(2)17-33(19-25-11-7-13-31(25)18-23-8-4-5-12-26(23)29)27(34)20-32(14-15-36-3)28(35)22-9-6-10-24(30)16-22/h4-13,16,21H,14-15,17-20H2,1-3H3. The molecule has 6 nitrogen and oxygen atoms in total. The molecule has 0 aliphatic carbocycles. The molecule has 192 valence electrons. The van der Waals surface area contributed by atoms with Gasteiger partial charge in [0.15, 0.2) is 0 Å². The topological polar surface area (TPSA) is 54.8 Å². The minimum absolute atomic E-state index is 0.128. The van der Waals surface area contributed by atoms with Crippen LogP contribution in [0.5, 0.6) is 0 Å². The lowest BCUT2D eigenvalue weighted by molar-refractivity contribution is -0.133. The summed E-state index contributed by atoms with van der Waals surface area (Å²) >= 11 is 6.36. The first-order chi connectivity index (χ1) is 17.3. The normalized spacial score (nSPS) is 11.1. The number of methoxy groups -OCH3 is 1. The Morgan fingerprint density at radius 1 is 1.06 bits per heavy atom. The van der Waals surface area contributed by atoms with E-state index < -0.39 is 11.7 Å². The molecule has 0 spiro atoms. The van der Waals surface area contributed by atoms with Gasteiger partial charge in [-0.25, -0.2) is 4.39 Å². The number of halogens is 2. The molecule has 1 heterocycles. The molecule has 3 aromatic rings. The van der Waals surface area contributed by atoms with Gasteiger partial charge in [-0.2, -0.15) is 0 Å². The van der Waals surface area contributed by atoms with Crippen LogP contribution in [0.1, 0.15) is 35.5 Å². The summed E-state index contributed by atoms with van der Waals surface area (Å²) in [5.41, 5.74) is 2.15. The highest BCUT2D eigenvalue weighted by Crippen LogP contribution is 2.19. The van der Waals surface area contributed by atoms with E-state index in [9.17, 15) is 14.0 Å². The second kappa shape index (κ2) is 13.2. The molecule has 0 saturated heterocycles. The second-order valence-corrected chi connectivity index (χ2v) is 9.52. The van der Waals surface area contributed by atoms with Crippen LogP contribution in [0.25, 0.3) is 0 Å². The van der Waals surface area contributed by atoms with Crippen molar-refractivity contribution in [3.63, 3.8) is 0 Å². The lowest BCUT2D eigenvalue weighted by Crippen LogP contribution is -2.45. The Bertz CT molecular complexity index is 1160. The Labute approximate surface area is 217 Å². The molecule has 0 saturated carbocycles. The van der Waals surface area contributed by atoms with Crippen molar-refractivity contribution in [3.8, 4) is 0 Å². The molecule has 0 bridgehead atoms. The van der Waals surface area contributed by atoms with Gasteiger partial charge in [0.2, 0.25) is 5.91 Å². The quantitative estimate of drug-likeness (QED) is 0.338. The van der Waals surface area contributed by atoms with E-state index in [1.165, 1.54) is 30.2 Å². The molecule has 0 aliphatic rings. The molecule has 3 rings (SSSR count). The molecular weight excluding hydrogens is 481 g/mol. The number of hydrogen-bond acceptors (Lipinski definition) is 3. The lowest BCUT2D eigenvalue weighted by atomic mass is 10.1. The van der Waals surface area contributed by atoms with Crippen molar-refractivity contribution >= 4 is 23.4 Å². The van der Waals surface area contributed by atoms with E-state index in [0.29, 0.717) is 24.7 Å². The smallest absolute Gasteiger partial charge is 0.254 e. The van der Waals surface area contributed by atoms with E-state index >= 15 is 0 Å². The molecule has 36 heavy (non-hydrogen) atoms. The number of carbonyl (C=O) groups excluding carboxylic acids is 2. The summed E-state index contributed by atoms with van der Waals surface area (Å²) in [6, 6.07) is 17.1. The third-order valence-electron chi connectivity index (χ3n) is 5.76. The van der Waals surface area contributed by atoms with Crippen LogP contribution in [0.15, 0.2) is 66.9 Å². The summed E-state index contributed by atoms with van der Waals surface area (Å²) < 4.78 is 20.9. The van der Waals surface area contributed by atoms with E-state index in [-0.39, 0.29) is 37.1 Å². The van der Waals surface area contributed by atoms with Gasteiger partial charge in [0.25, 0.3) is 5.91 Å². The van der Waals surface area contributed by atoms with E-state index in [0.717, 1.165) is 11.3 Å². The minimum atomic E-state index is -0.500. The molecule has 0 unspecified atom stereocenters. The first kappa shape index (κ1) is 27.4. The Hall–Kier alpha value is -3.16.